The van der Waals surface area contributed by atoms with Crippen molar-refractivity contribution in [3.8, 4) is 0 Å². The zero-order valence-corrected chi connectivity index (χ0v) is 11.5. The predicted octanol–water partition coefficient (Wildman–Crippen LogP) is 1.24. The lowest BCUT2D eigenvalue weighted by atomic mass is 10.0. The summed E-state index contributed by atoms with van der Waals surface area (Å²) in [5.41, 5.74) is 2.08. The summed E-state index contributed by atoms with van der Waals surface area (Å²) in [7, 11) is 0. The van der Waals surface area contributed by atoms with Crippen molar-refractivity contribution in [3.05, 3.63) is 23.0 Å². The summed E-state index contributed by atoms with van der Waals surface area (Å²) in [6.45, 7) is 3.93. The number of carbonyl (C=O) groups is 1. The van der Waals surface area contributed by atoms with Crippen LogP contribution in [-0.2, 0) is 6.42 Å². The molecule has 2 rings (SSSR count). The SMILES string of the molecule is CCc1nnc(C)cc1C(=O)NC1CCCC1CO. The monoisotopic (exact) mass is 263 g/mol. The Hall–Kier alpha value is -1.49. The van der Waals surface area contributed by atoms with E-state index in [2.05, 4.69) is 15.5 Å². The van der Waals surface area contributed by atoms with E-state index in [0.717, 1.165) is 30.7 Å². The number of hydrogen-bond donors (Lipinski definition) is 2. The minimum absolute atomic E-state index is 0.0793. The lowest BCUT2D eigenvalue weighted by Gasteiger charge is -2.19. The lowest BCUT2D eigenvalue weighted by molar-refractivity contribution is 0.0914. The van der Waals surface area contributed by atoms with Crippen LogP contribution in [0.1, 0.15) is 47.9 Å². The third-order valence-electron chi connectivity index (χ3n) is 3.78. The van der Waals surface area contributed by atoms with Crippen molar-refractivity contribution in [3.63, 3.8) is 0 Å². The molecular formula is C14H21N3O2. The van der Waals surface area contributed by atoms with Crippen molar-refractivity contribution in [1.29, 1.82) is 0 Å². The van der Waals surface area contributed by atoms with Gasteiger partial charge in [0.25, 0.3) is 5.91 Å². The Morgan fingerprint density at radius 3 is 2.95 bits per heavy atom. The molecule has 1 aliphatic rings. The van der Waals surface area contributed by atoms with Crippen LogP contribution < -0.4 is 5.32 Å². The normalized spacial score (nSPS) is 22.5. The highest BCUT2D eigenvalue weighted by Gasteiger charge is 2.28. The second-order valence-corrected chi connectivity index (χ2v) is 5.15. The average Bonchev–Trinajstić information content (AvgIpc) is 2.85. The van der Waals surface area contributed by atoms with Gasteiger partial charge in [0, 0.05) is 18.6 Å². The van der Waals surface area contributed by atoms with Gasteiger partial charge in [-0.1, -0.05) is 13.3 Å². The molecule has 2 unspecified atom stereocenters. The molecule has 5 heteroatoms. The van der Waals surface area contributed by atoms with Crippen molar-refractivity contribution in [2.45, 2.75) is 45.6 Å². The highest BCUT2D eigenvalue weighted by molar-refractivity contribution is 5.95. The fourth-order valence-electron chi connectivity index (χ4n) is 2.66. The third kappa shape index (κ3) is 3.10. The molecular weight excluding hydrogens is 242 g/mol. The Labute approximate surface area is 113 Å². The standard InChI is InChI=1S/C14H21N3O2/c1-3-12-11(7-9(2)16-17-12)14(19)15-13-6-4-5-10(13)8-18/h7,10,13,18H,3-6,8H2,1-2H3,(H,15,19). The summed E-state index contributed by atoms with van der Waals surface area (Å²) in [4.78, 5) is 12.3. The Kier molecular flexibility index (Phi) is 4.47. The summed E-state index contributed by atoms with van der Waals surface area (Å²) >= 11 is 0. The summed E-state index contributed by atoms with van der Waals surface area (Å²) in [5, 5.41) is 20.4. The highest BCUT2D eigenvalue weighted by atomic mass is 16.3. The Bertz CT molecular complexity index is 462. The quantitative estimate of drug-likeness (QED) is 0.857. The topological polar surface area (TPSA) is 75.1 Å². The maximum Gasteiger partial charge on any atom is 0.253 e. The van der Waals surface area contributed by atoms with Crippen LogP contribution in [0.3, 0.4) is 0 Å². The summed E-state index contributed by atoms with van der Waals surface area (Å²) < 4.78 is 0. The molecule has 1 aliphatic carbocycles. The number of carbonyl (C=O) groups excluding carboxylic acids is 1. The molecule has 0 bridgehead atoms. The fraction of sp³-hybridized carbons (Fsp3) is 0.643. The Morgan fingerprint density at radius 2 is 2.26 bits per heavy atom. The second kappa shape index (κ2) is 6.10. The van der Waals surface area contributed by atoms with Gasteiger partial charge in [-0.3, -0.25) is 4.79 Å². The van der Waals surface area contributed by atoms with E-state index in [1.54, 1.807) is 6.07 Å². The maximum atomic E-state index is 12.3. The molecule has 1 fully saturated rings. The highest BCUT2D eigenvalue weighted by Crippen LogP contribution is 2.25. The minimum Gasteiger partial charge on any atom is -0.396 e. The summed E-state index contributed by atoms with van der Waals surface area (Å²) in [5.74, 6) is 0.0881. The molecule has 2 N–H and O–H groups in total. The zero-order valence-electron chi connectivity index (χ0n) is 11.5. The van der Waals surface area contributed by atoms with Gasteiger partial charge in [-0.15, -0.1) is 0 Å². The molecule has 1 amide bonds. The number of rotatable bonds is 4. The first kappa shape index (κ1) is 13.9. The molecule has 0 radical (unpaired) electrons. The van der Waals surface area contributed by atoms with Gasteiger partial charge in [-0.25, -0.2) is 0 Å². The van der Waals surface area contributed by atoms with Gasteiger partial charge in [-0.2, -0.15) is 10.2 Å². The van der Waals surface area contributed by atoms with Gasteiger partial charge in [-0.05, 0) is 32.3 Å². The predicted molar refractivity (Wildman–Crippen MR) is 71.8 cm³/mol. The molecule has 1 heterocycles. The zero-order chi connectivity index (χ0) is 13.8. The van der Waals surface area contributed by atoms with Crippen LogP contribution in [0.25, 0.3) is 0 Å². The van der Waals surface area contributed by atoms with Crippen LogP contribution in [0.15, 0.2) is 6.07 Å². The fourth-order valence-corrected chi connectivity index (χ4v) is 2.66. The van der Waals surface area contributed by atoms with Crippen LogP contribution in [0.5, 0.6) is 0 Å². The van der Waals surface area contributed by atoms with Crippen molar-refractivity contribution in [1.82, 2.24) is 15.5 Å². The number of amides is 1. The van der Waals surface area contributed by atoms with Crippen molar-refractivity contribution in [2.75, 3.05) is 6.61 Å². The van der Waals surface area contributed by atoms with E-state index in [1.807, 2.05) is 13.8 Å². The van der Waals surface area contributed by atoms with Crippen LogP contribution in [0.4, 0.5) is 0 Å². The van der Waals surface area contributed by atoms with E-state index >= 15 is 0 Å². The molecule has 2 atom stereocenters. The number of aromatic nitrogens is 2. The van der Waals surface area contributed by atoms with Gasteiger partial charge < -0.3 is 10.4 Å². The van der Waals surface area contributed by atoms with E-state index in [0.29, 0.717) is 12.0 Å². The van der Waals surface area contributed by atoms with Crippen LogP contribution >= 0.6 is 0 Å². The summed E-state index contributed by atoms with van der Waals surface area (Å²) in [6, 6.07) is 1.86. The van der Waals surface area contributed by atoms with E-state index in [-0.39, 0.29) is 24.5 Å². The van der Waals surface area contributed by atoms with Crippen LogP contribution in [0.2, 0.25) is 0 Å². The molecule has 104 valence electrons. The van der Waals surface area contributed by atoms with E-state index in [4.69, 9.17) is 0 Å². The third-order valence-corrected chi connectivity index (χ3v) is 3.78. The second-order valence-electron chi connectivity index (χ2n) is 5.15. The van der Waals surface area contributed by atoms with Gasteiger partial charge >= 0.3 is 0 Å². The maximum absolute atomic E-state index is 12.3. The molecule has 0 spiro atoms. The first-order valence-electron chi connectivity index (χ1n) is 6.90. The van der Waals surface area contributed by atoms with Crippen molar-refractivity contribution in [2.24, 2.45) is 5.92 Å². The molecule has 1 aromatic rings. The van der Waals surface area contributed by atoms with Crippen LogP contribution in [-0.4, -0.2) is 33.9 Å². The Morgan fingerprint density at radius 1 is 1.47 bits per heavy atom. The molecule has 1 saturated carbocycles. The molecule has 5 nitrogen and oxygen atoms in total. The van der Waals surface area contributed by atoms with Gasteiger partial charge in [0.2, 0.25) is 0 Å². The first-order valence-corrected chi connectivity index (χ1v) is 6.90. The summed E-state index contributed by atoms with van der Waals surface area (Å²) in [6.07, 6.45) is 3.67. The molecule has 1 aromatic heterocycles. The number of hydrogen-bond acceptors (Lipinski definition) is 4. The van der Waals surface area contributed by atoms with Gasteiger partial charge in [0.1, 0.15) is 0 Å². The number of nitrogens with one attached hydrogen (secondary N) is 1. The molecule has 0 saturated heterocycles. The van der Waals surface area contributed by atoms with Crippen molar-refractivity contribution >= 4 is 5.91 Å². The smallest absolute Gasteiger partial charge is 0.253 e. The average molecular weight is 263 g/mol. The largest absolute Gasteiger partial charge is 0.396 e. The van der Waals surface area contributed by atoms with Gasteiger partial charge in [0.15, 0.2) is 0 Å². The lowest BCUT2D eigenvalue weighted by Crippen LogP contribution is -2.39. The number of aliphatic hydroxyl groups excluding tert-OH is 1. The van der Waals surface area contributed by atoms with Gasteiger partial charge in [0.05, 0.1) is 17.0 Å². The van der Waals surface area contributed by atoms with E-state index in [1.165, 1.54) is 0 Å². The minimum atomic E-state index is -0.0970. The van der Waals surface area contributed by atoms with Crippen LogP contribution in [0, 0.1) is 12.8 Å². The number of nitrogens with zero attached hydrogens (tertiary/aromatic N) is 2. The molecule has 0 aliphatic heterocycles. The van der Waals surface area contributed by atoms with E-state index in [9.17, 15) is 9.90 Å². The Balaban J connectivity index is 2.13. The molecule has 0 aromatic carbocycles. The number of aliphatic hydroxyl groups is 1. The number of aryl methyl sites for hydroxylation is 2. The van der Waals surface area contributed by atoms with E-state index < -0.39 is 0 Å². The molecule has 19 heavy (non-hydrogen) atoms. The van der Waals surface area contributed by atoms with Crippen molar-refractivity contribution < 1.29 is 9.90 Å². The first-order chi connectivity index (χ1) is 9.15.